The van der Waals surface area contributed by atoms with E-state index in [0.717, 1.165) is 5.56 Å². The van der Waals surface area contributed by atoms with Crippen LogP contribution in [0.4, 0.5) is 5.69 Å². The Kier molecular flexibility index (Phi) is 4.57. The van der Waals surface area contributed by atoms with Gasteiger partial charge in [-0.05, 0) is 56.5 Å². The molecule has 1 aromatic heterocycles. The Morgan fingerprint density at radius 1 is 1.47 bits per heavy atom. The number of thiophene rings is 1. The van der Waals surface area contributed by atoms with Gasteiger partial charge in [-0.3, -0.25) is 4.79 Å². The SMILES string of the molecule is Nc1ccc(C(=O)NCC(O)c2ccsc2)cc1Br. The topological polar surface area (TPSA) is 75.4 Å². The van der Waals surface area contributed by atoms with Crippen LogP contribution in [0.2, 0.25) is 0 Å². The predicted molar refractivity (Wildman–Crippen MR) is 80.2 cm³/mol. The summed E-state index contributed by atoms with van der Waals surface area (Å²) in [4.78, 5) is 11.9. The van der Waals surface area contributed by atoms with Crippen LogP contribution in [0.1, 0.15) is 22.0 Å². The van der Waals surface area contributed by atoms with E-state index in [4.69, 9.17) is 5.73 Å². The third kappa shape index (κ3) is 3.56. The quantitative estimate of drug-likeness (QED) is 0.748. The summed E-state index contributed by atoms with van der Waals surface area (Å²) < 4.78 is 0.679. The van der Waals surface area contributed by atoms with E-state index in [1.807, 2.05) is 16.8 Å². The highest BCUT2D eigenvalue weighted by molar-refractivity contribution is 9.10. The van der Waals surface area contributed by atoms with Crippen molar-refractivity contribution in [2.75, 3.05) is 12.3 Å². The minimum Gasteiger partial charge on any atom is -0.398 e. The number of nitrogens with two attached hydrogens (primary N) is 1. The van der Waals surface area contributed by atoms with Gasteiger partial charge >= 0.3 is 0 Å². The molecule has 0 spiro atoms. The van der Waals surface area contributed by atoms with Crippen molar-refractivity contribution < 1.29 is 9.90 Å². The van der Waals surface area contributed by atoms with Crippen molar-refractivity contribution in [3.63, 3.8) is 0 Å². The van der Waals surface area contributed by atoms with E-state index in [0.29, 0.717) is 15.7 Å². The Hall–Kier alpha value is -1.37. The Morgan fingerprint density at radius 2 is 2.26 bits per heavy atom. The average Bonchev–Trinajstić information content (AvgIpc) is 2.92. The van der Waals surface area contributed by atoms with Crippen LogP contribution >= 0.6 is 27.3 Å². The highest BCUT2D eigenvalue weighted by Crippen LogP contribution is 2.20. The number of anilines is 1. The monoisotopic (exact) mass is 340 g/mol. The Labute approximate surface area is 123 Å². The second-order valence-corrected chi connectivity index (χ2v) is 5.65. The van der Waals surface area contributed by atoms with Gasteiger partial charge < -0.3 is 16.2 Å². The summed E-state index contributed by atoms with van der Waals surface area (Å²) in [6.45, 7) is 0.178. The normalized spacial score (nSPS) is 12.1. The molecule has 0 fully saturated rings. The van der Waals surface area contributed by atoms with E-state index in [9.17, 15) is 9.90 Å². The molecule has 0 bridgehead atoms. The fraction of sp³-hybridized carbons (Fsp3) is 0.154. The number of hydrogen-bond acceptors (Lipinski definition) is 4. The molecule has 0 radical (unpaired) electrons. The molecule has 1 amide bonds. The van der Waals surface area contributed by atoms with Gasteiger partial charge in [0.1, 0.15) is 0 Å². The molecule has 4 nitrogen and oxygen atoms in total. The molecule has 0 aliphatic rings. The molecule has 1 aromatic carbocycles. The molecule has 4 N–H and O–H groups in total. The Morgan fingerprint density at radius 3 is 2.89 bits per heavy atom. The van der Waals surface area contributed by atoms with Crippen LogP contribution in [0.15, 0.2) is 39.5 Å². The van der Waals surface area contributed by atoms with Gasteiger partial charge in [-0.25, -0.2) is 0 Å². The van der Waals surface area contributed by atoms with E-state index >= 15 is 0 Å². The molecule has 1 atom stereocenters. The van der Waals surface area contributed by atoms with Gasteiger partial charge in [-0.2, -0.15) is 11.3 Å². The maximum absolute atomic E-state index is 11.9. The van der Waals surface area contributed by atoms with Crippen LogP contribution < -0.4 is 11.1 Å². The molecule has 0 aliphatic heterocycles. The van der Waals surface area contributed by atoms with Crippen molar-refractivity contribution in [2.24, 2.45) is 0 Å². The van der Waals surface area contributed by atoms with E-state index < -0.39 is 6.10 Å². The zero-order valence-corrected chi connectivity index (χ0v) is 12.4. The molecular weight excluding hydrogens is 328 g/mol. The second-order valence-electron chi connectivity index (χ2n) is 4.02. The fourth-order valence-electron chi connectivity index (χ4n) is 1.54. The first-order valence-corrected chi connectivity index (χ1v) is 7.35. The summed E-state index contributed by atoms with van der Waals surface area (Å²) in [7, 11) is 0. The first-order chi connectivity index (χ1) is 9.08. The van der Waals surface area contributed by atoms with Crippen molar-refractivity contribution in [1.29, 1.82) is 0 Å². The van der Waals surface area contributed by atoms with Crippen molar-refractivity contribution in [1.82, 2.24) is 5.32 Å². The predicted octanol–water partition coefficient (Wildman–Crippen LogP) is 2.56. The molecule has 100 valence electrons. The third-order valence-corrected chi connectivity index (χ3v) is 4.03. The molecule has 1 heterocycles. The molecular formula is C13H13BrN2O2S. The van der Waals surface area contributed by atoms with E-state index in [2.05, 4.69) is 21.2 Å². The number of benzene rings is 1. The largest absolute Gasteiger partial charge is 0.398 e. The summed E-state index contributed by atoms with van der Waals surface area (Å²) in [5, 5.41) is 16.3. The maximum atomic E-state index is 11.9. The number of halogens is 1. The van der Waals surface area contributed by atoms with Gasteiger partial charge in [0, 0.05) is 22.3 Å². The highest BCUT2D eigenvalue weighted by Gasteiger charge is 2.11. The minimum atomic E-state index is -0.688. The number of amides is 1. The Bertz CT molecular complexity index is 572. The minimum absolute atomic E-state index is 0.178. The van der Waals surface area contributed by atoms with E-state index in [1.54, 1.807) is 18.2 Å². The van der Waals surface area contributed by atoms with Gasteiger partial charge in [-0.15, -0.1) is 0 Å². The molecule has 6 heteroatoms. The van der Waals surface area contributed by atoms with Crippen LogP contribution in [0, 0.1) is 0 Å². The summed E-state index contributed by atoms with van der Waals surface area (Å²) in [6, 6.07) is 6.80. The molecule has 1 unspecified atom stereocenters. The van der Waals surface area contributed by atoms with Crippen LogP contribution in [-0.2, 0) is 0 Å². The van der Waals surface area contributed by atoms with Crippen molar-refractivity contribution in [3.05, 3.63) is 50.6 Å². The zero-order chi connectivity index (χ0) is 13.8. The van der Waals surface area contributed by atoms with Gasteiger partial charge in [0.2, 0.25) is 0 Å². The summed E-state index contributed by atoms with van der Waals surface area (Å²) in [5.41, 5.74) is 7.54. The molecule has 2 rings (SSSR count). The first-order valence-electron chi connectivity index (χ1n) is 5.61. The number of rotatable bonds is 4. The first kappa shape index (κ1) is 14.0. The number of nitrogens with one attached hydrogen (secondary N) is 1. The number of hydrogen-bond donors (Lipinski definition) is 3. The number of nitrogen functional groups attached to an aromatic ring is 1. The fourth-order valence-corrected chi connectivity index (χ4v) is 2.63. The number of aliphatic hydroxyl groups excluding tert-OH is 1. The van der Waals surface area contributed by atoms with Crippen LogP contribution in [-0.4, -0.2) is 17.6 Å². The van der Waals surface area contributed by atoms with Crippen molar-refractivity contribution in [2.45, 2.75) is 6.10 Å². The highest BCUT2D eigenvalue weighted by atomic mass is 79.9. The van der Waals surface area contributed by atoms with Crippen LogP contribution in [0.5, 0.6) is 0 Å². The number of aliphatic hydroxyl groups is 1. The molecule has 0 aliphatic carbocycles. The second kappa shape index (κ2) is 6.18. The standard InChI is InChI=1S/C13H13BrN2O2S/c14-10-5-8(1-2-11(10)15)13(18)16-6-12(17)9-3-4-19-7-9/h1-5,7,12,17H,6,15H2,(H,16,18). The summed E-state index contributed by atoms with van der Waals surface area (Å²) in [6.07, 6.45) is -0.688. The van der Waals surface area contributed by atoms with Gasteiger partial charge in [0.05, 0.1) is 6.10 Å². The summed E-state index contributed by atoms with van der Waals surface area (Å²) in [5.74, 6) is -0.241. The number of carbonyl (C=O) groups is 1. The lowest BCUT2D eigenvalue weighted by Crippen LogP contribution is -2.28. The zero-order valence-electron chi connectivity index (χ0n) is 9.97. The third-order valence-electron chi connectivity index (χ3n) is 2.65. The van der Waals surface area contributed by atoms with E-state index in [1.165, 1.54) is 11.3 Å². The number of carbonyl (C=O) groups excluding carboxylic acids is 1. The van der Waals surface area contributed by atoms with Crippen LogP contribution in [0.3, 0.4) is 0 Å². The summed E-state index contributed by atoms with van der Waals surface area (Å²) >= 11 is 4.78. The lowest BCUT2D eigenvalue weighted by atomic mass is 10.1. The molecule has 0 saturated carbocycles. The van der Waals surface area contributed by atoms with E-state index in [-0.39, 0.29) is 12.5 Å². The van der Waals surface area contributed by atoms with Crippen LogP contribution in [0.25, 0.3) is 0 Å². The average molecular weight is 341 g/mol. The van der Waals surface area contributed by atoms with Gasteiger partial charge in [0.25, 0.3) is 5.91 Å². The molecule has 2 aromatic rings. The molecule has 19 heavy (non-hydrogen) atoms. The maximum Gasteiger partial charge on any atom is 0.251 e. The van der Waals surface area contributed by atoms with Crippen molar-refractivity contribution in [3.8, 4) is 0 Å². The van der Waals surface area contributed by atoms with Crippen molar-refractivity contribution >= 4 is 38.9 Å². The Balaban J connectivity index is 1.96. The lowest BCUT2D eigenvalue weighted by molar-refractivity contribution is 0.0916. The van der Waals surface area contributed by atoms with Gasteiger partial charge in [0.15, 0.2) is 0 Å². The molecule has 0 saturated heterocycles. The van der Waals surface area contributed by atoms with Gasteiger partial charge in [-0.1, -0.05) is 0 Å². The smallest absolute Gasteiger partial charge is 0.251 e. The lowest BCUT2D eigenvalue weighted by Gasteiger charge is -2.11.